The number of carbonyl (C=O) groups is 1. The monoisotopic (exact) mass is 363 g/mol. The largest absolute Gasteiger partial charge is 0.490 e. The van der Waals surface area contributed by atoms with Gasteiger partial charge in [0, 0.05) is 37.7 Å². The molecule has 5 nitrogen and oxygen atoms in total. The predicted molar refractivity (Wildman–Crippen MR) is 103 cm³/mol. The van der Waals surface area contributed by atoms with Crippen molar-refractivity contribution in [2.45, 2.75) is 39.7 Å². The number of hydrogen-bond donors (Lipinski definition) is 0. The van der Waals surface area contributed by atoms with E-state index in [-0.39, 0.29) is 17.8 Å². The van der Waals surface area contributed by atoms with Crippen molar-refractivity contribution >= 4 is 5.78 Å². The molecule has 26 heavy (non-hydrogen) atoms. The lowest BCUT2D eigenvalue weighted by Crippen LogP contribution is -2.39. The Morgan fingerprint density at radius 2 is 1.73 bits per heavy atom. The van der Waals surface area contributed by atoms with Crippen molar-refractivity contribution < 1.29 is 19.0 Å². The molecule has 1 aliphatic rings. The third kappa shape index (κ3) is 7.06. The molecule has 0 saturated carbocycles. The first-order valence-corrected chi connectivity index (χ1v) is 9.79. The van der Waals surface area contributed by atoms with Gasteiger partial charge in [-0.2, -0.15) is 0 Å². The summed E-state index contributed by atoms with van der Waals surface area (Å²) in [6.45, 7) is 11.7. The topological polar surface area (TPSA) is 48.0 Å². The fourth-order valence-electron chi connectivity index (χ4n) is 3.03. The Balaban J connectivity index is 1.65. The molecule has 1 fully saturated rings. The molecule has 0 N–H and O–H groups in total. The minimum atomic E-state index is 0.0225. The van der Waals surface area contributed by atoms with Crippen LogP contribution in [0.15, 0.2) is 24.3 Å². The van der Waals surface area contributed by atoms with Crippen molar-refractivity contribution in [3.05, 3.63) is 29.8 Å². The van der Waals surface area contributed by atoms with Crippen molar-refractivity contribution in [1.29, 1.82) is 0 Å². The Labute approximate surface area is 157 Å². The predicted octanol–water partition coefficient (Wildman–Crippen LogP) is 3.42. The van der Waals surface area contributed by atoms with E-state index < -0.39 is 0 Å². The highest BCUT2D eigenvalue weighted by Gasteiger charge is 2.20. The van der Waals surface area contributed by atoms with Crippen LogP contribution in [0.3, 0.4) is 0 Å². The first kappa shape index (κ1) is 20.9. The number of ether oxygens (including phenoxy) is 3. The summed E-state index contributed by atoms with van der Waals surface area (Å²) in [6.07, 6.45) is 2.29. The quantitative estimate of drug-likeness (QED) is 0.445. The van der Waals surface area contributed by atoms with Crippen molar-refractivity contribution in [1.82, 2.24) is 4.90 Å². The number of rotatable bonds is 11. The molecule has 0 radical (unpaired) electrons. The van der Waals surface area contributed by atoms with E-state index in [1.165, 1.54) is 0 Å². The van der Waals surface area contributed by atoms with Crippen LogP contribution < -0.4 is 4.74 Å². The van der Waals surface area contributed by atoms with Crippen LogP contribution in [0, 0.1) is 5.92 Å². The van der Waals surface area contributed by atoms with Gasteiger partial charge in [-0.25, -0.2) is 0 Å². The lowest BCUT2D eigenvalue weighted by molar-refractivity contribution is 0.0327. The van der Waals surface area contributed by atoms with E-state index in [9.17, 15) is 4.79 Å². The molecule has 5 heteroatoms. The van der Waals surface area contributed by atoms with Gasteiger partial charge in [-0.3, -0.25) is 4.79 Å². The Bertz CT molecular complexity index is 521. The highest BCUT2D eigenvalue weighted by Crippen LogP contribution is 2.20. The maximum absolute atomic E-state index is 12.0. The molecule has 0 bridgehead atoms. The maximum atomic E-state index is 12.0. The standard InChI is InChI=1S/C21H33NO4/c1-4-24-15-16-25-14-13-22-11-9-20(10-12-22)26-19-7-5-18(6-8-19)21(23)17(2)3/h5-8,17,20H,4,9-16H2,1-3H3. The smallest absolute Gasteiger partial charge is 0.165 e. The van der Waals surface area contributed by atoms with Crippen LogP contribution in [0.1, 0.15) is 44.0 Å². The average Bonchev–Trinajstić information content (AvgIpc) is 2.66. The summed E-state index contributed by atoms with van der Waals surface area (Å²) in [4.78, 5) is 14.4. The zero-order valence-corrected chi connectivity index (χ0v) is 16.4. The highest BCUT2D eigenvalue weighted by atomic mass is 16.5. The number of ketones is 1. The van der Waals surface area contributed by atoms with Crippen molar-refractivity contribution in [2.75, 3.05) is 46.1 Å². The van der Waals surface area contributed by atoms with Gasteiger partial charge in [-0.1, -0.05) is 13.8 Å². The molecule has 1 aromatic rings. The number of carbonyl (C=O) groups excluding carboxylic acids is 1. The third-order valence-electron chi connectivity index (χ3n) is 4.63. The number of nitrogens with zero attached hydrogens (tertiary/aromatic N) is 1. The lowest BCUT2D eigenvalue weighted by Gasteiger charge is -2.32. The van der Waals surface area contributed by atoms with Gasteiger partial charge in [0.15, 0.2) is 5.78 Å². The number of Topliss-reactive ketones (excluding diaryl/α,β-unsaturated/α-hetero) is 1. The van der Waals surface area contributed by atoms with Crippen molar-refractivity contribution in [2.24, 2.45) is 5.92 Å². The number of benzene rings is 1. The second-order valence-corrected chi connectivity index (χ2v) is 7.01. The number of hydrogen-bond acceptors (Lipinski definition) is 5. The molecule has 0 aromatic heterocycles. The first-order valence-electron chi connectivity index (χ1n) is 9.79. The van der Waals surface area contributed by atoms with E-state index in [4.69, 9.17) is 14.2 Å². The van der Waals surface area contributed by atoms with E-state index in [1.807, 2.05) is 45.0 Å². The molecule has 1 saturated heterocycles. The van der Waals surface area contributed by atoms with Gasteiger partial charge in [-0.05, 0) is 44.0 Å². The Morgan fingerprint density at radius 3 is 2.35 bits per heavy atom. The summed E-state index contributed by atoms with van der Waals surface area (Å²) in [7, 11) is 0. The summed E-state index contributed by atoms with van der Waals surface area (Å²) in [5, 5.41) is 0. The van der Waals surface area contributed by atoms with Gasteiger partial charge in [-0.15, -0.1) is 0 Å². The van der Waals surface area contributed by atoms with E-state index in [0.29, 0.717) is 13.2 Å². The van der Waals surface area contributed by atoms with Gasteiger partial charge in [0.2, 0.25) is 0 Å². The molecule has 0 unspecified atom stereocenters. The van der Waals surface area contributed by atoms with Gasteiger partial charge >= 0.3 is 0 Å². The molecule has 1 aromatic carbocycles. The minimum Gasteiger partial charge on any atom is -0.490 e. The first-order chi connectivity index (χ1) is 12.6. The van der Waals surface area contributed by atoms with Crippen LogP contribution in [-0.4, -0.2) is 62.8 Å². The number of piperidine rings is 1. The summed E-state index contributed by atoms with van der Waals surface area (Å²) >= 11 is 0. The van der Waals surface area contributed by atoms with E-state index >= 15 is 0 Å². The van der Waals surface area contributed by atoms with E-state index in [0.717, 1.165) is 57.0 Å². The molecule has 146 valence electrons. The minimum absolute atomic E-state index is 0.0225. The van der Waals surface area contributed by atoms with Crippen LogP contribution in [0.2, 0.25) is 0 Å². The van der Waals surface area contributed by atoms with Crippen LogP contribution in [0.25, 0.3) is 0 Å². The molecule has 2 rings (SSSR count). The van der Waals surface area contributed by atoms with Gasteiger partial charge in [0.1, 0.15) is 11.9 Å². The maximum Gasteiger partial charge on any atom is 0.165 e. The third-order valence-corrected chi connectivity index (χ3v) is 4.63. The second kappa shape index (κ2) is 11.3. The molecular weight excluding hydrogens is 330 g/mol. The van der Waals surface area contributed by atoms with E-state index in [1.54, 1.807) is 0 Å². The molecule has 0 spiro atoms. The van der Waals surface area contributed by atoms with Crippen LogP contribution >= 0.6 is 0 Å². The summed E-state index contributed by atoms with van der Waals surface area (Å²) in [5.41, 5.74) is 0.756. The van der Waals surface area contributed by atoms with Gasteiger partial charge in [0.25, 0.3) is 0 Å². The van der Waals surface area contributed by atoms with E-state index in [2.05, 4.69) is 4.90 Å². The highest BCUT2D eigenvalue weighted by molar-refractivity contribution is 5.97. The van der Waals surface area contributed by atoms with Gasteiger partial charge < -0.3 is 19.1 Å². The van der Waals surface area contributed by atoms with Crippen molar-refractivity contribution in [3.8, 4) is 5.75 Å². The Kier molecular flexibility index (Phi) is 9.09. The molecule has 0 aliphatic carbocycles. The SMILES string of the molecule is CCOCCOCCN1CCC(Oc2ccc(C(=O)C(C)C)cc2)CC1. The van der Waals surface area contributed by atoms with Crippen LogP contribution in [0.4, 0.5) is 0 Å². The molecule has 1 aliphatic heterocycles. The van der Waals surface area contributed by atoms with Crippen molar-refractivity contribution in [3.63, 3.8) is 0 Å². The second-order valence-electron chi connectivity index (χ2n) is 7.01. The Hall–Kier alpha value is -1.43. The normalized spacial score (nSPS) is 16.2. The molecular formula is C21H33NO4. The fraction of sp³-hybridized carbons (Fsp3) is 0.667. The van der Waals surface area contributed by atoms with Gasteiger partial charge in [0.05, 0.1) is 19.8 Å². The van der Waals surface area contributed by atoms with Crippen LogP contribution in [0.5, 0.6) is 5.75 Å². The molecule has 1 heterocycles. The zero-order chi connectivity index (χ0) is 18.8. The fourth-order valence-corrected chi connectivity index (χ4v) is 3.03. The summed E-state index contributed by atoms with van der Waals surface area (Å²) in [5.74, 6) is 1.05. The zero-order valence-electron chi connectivity index (χ0n) is 16.4. The average molecular weight is 363 g/mol. The molecule has 0 atom stereocenters. The Morgan fingerprint density at radius 1 is 1.08 bits per heavy atom. The summed E-state index contributed by atoms with van der Waals surface area (Å²) < 4.78 is 16.9. The molecule has 0 amide bonds. The summed E-state index contributed by atoms with van der Waals surface area (Å²) in [6, 6.07) is 7.56. The number of likely N-dealkylation sites (tertiary alicyclic amines) is 1. The lowest BCUT2D eigenvalue weighted by atomic mass is 10.0. The van der Waals surface area contributed by atoms with Crippen LogP contribution in [-0.2, 0) is 9.47 Å².